The average molecular weight is 470 g/mol. The van der Waals surface area contributed by atoms with Gasteiger partial charge in [0.2, 0.25) is 15.9 Å². The SMILES string of the molecule is NC(=O)c1ccc(COC(=O)C2CCN(S(=O)(=O)c3ccccc3C(F)(F)F)CC2)cc1. The third kappa shape index (κ3) is 5.28. The molecule has 3 rings (SSSR count). The Morgan fingerprint density at radius 2 is 1.62 bits per heavy atom. The van der Waals surface area contributed by atoms with Crippen LogP contribution in [0.4, 0.5) is 13.2 Å². The van der Waals surface area contributed by atoms with Crippen molar-refractivity contribution < 1.29 is 35.9 Å². The van der Waals surface area contributed by atoms with Gasteiger partial charge in [0.05, 0.1) is 16.4 Å². The molecule has 32 heavy (non-hydrogen) atoms. The number of rotatable bonds is 6. The molecule has 0 radical (unpaired) electrons. The fourth-order valence-electron chi connectivity index (χ4n) is 3.43. The first-order chi connectivity index (χ1) is 15.0. The van der Waals surface area contributed by atoms with E-state index >= 15 is 0 Å². The second kappa shape index (κ2) is 9.29. The minimum absolute atomic E-state index is 0.0324. The normalized spacial score (nSPS) is 16.0. The molecular weight excluding hydrogens is 449 g/mol. The molecule has 1 aliphatic heterocycles. The fourth-order valence-corrected chi connectivity index (χ4v) is 5.12. The van der Waals surface area contributed by atoms with E-state index in [4.69, 9.17) is 10.5 Å². The van der Waals surface area contributed by atoms with Crippen LogP contribution in [-0.4, -0.2) is 37.7 Å². The number of nitrogens with zero attached hydrogens (tertiary/aromatic N) is 1. The zero-order valence-corrected chi connectivity index (χ0v) is 17.7. The number of hydrogen-bond acceptors (Lipinski definition) is 5. The number of primary amides is 1. The number of esters is 1. The predicted molar refractivity (Wildman–Crippen MR) is 108 cm³/mol. The summed E-state index contributed by atoms with van der Waals surface area (Å²) in [5.74, 6) is -1.66. The highest BCUT2D eigenvalue weighted by atomic mass is 32.2. The number of alkyl halides is 3. The van der Waals surface area contributed by atoms with Crippen molar-refractivity contribution in [3.63, 3.8) is 0 Å². The van der Waals surface area contributed by atoms with Crippen molar-refractivity contribution in [1.82, 2.24) is 4.31 Å². The van der Waals surface area contributed by atoms with Gasteiger partial charge in [-0.15, -0.1) is 0 Å². The highest BCUT2D eigenvalue weighted by molar-refractivity contribution is 7.89. The highest BCUT2D eigenvalue weighted by Gasteiger charge is 2.40. The van der Waals surface area contributed by atoms with Crippen molar-refractivity contribution >= 4 is 21.9 Å². The minimum atomic E-state index is -4.80. The van der Waals surface area contributed by atoms with Gasteiger partial charge in [-0.2, -0.15) is 17.5 Å². The zero-order valence-electron chi connectivity index (χ0n) is 16.8. The third-order valence-electron chi connectivity index (χ3n) is 5.22. The number of carbonyl (C=O) groups excluding carboxylic acids is 2. The Kier molecular flexibility index (Phi) is 6.89. The van der Waals surface area contributed by atoms with Crippen LogP contribution in [0.3, 0.4) is 0 Å². The van der Waals surface area contributed by atoms with E-state index in [2.05, 4.69) is 0 Å². The Labute approximate surface area is 183 Å². The lowest BCUT2D eigenvalue weighted by molar-refractivity contribution is -0.151. The van der Waals surface area contributed by atoms with Gasteiger partial charge in [-0.3, -0.25) is 9.59 Å². The van der Waals surface area contributed by atoms with E-state index in [9.17, 15) is 31.2 Å². The first-order valence-electron chi connectivity index (χ1n) is 9.72. The molecule has 0 atom stereocenters. The standard InChI is InChI=1S/C21H21F3N2O5S/c22-21(23,24)17-3-1-2-4-18(17)32(29,30)26-11-9-16(10-12-26)20(28)31-13-14-5-7-15(8-6-14)19(25)27/h1-8,16H,9-13H2,(H2,25,27). The zero-order chi connectivity index (χ0) is 23.5. The maximum atomic E-state index is 13.2. The van der Waals surface area contributed by atoms with E-state index in [1.165, 1.54) is 18.2 Å². The van der Waals surface area contributed by atoms with E-state index < -0.39 is 44.5 Å². The lowest BCUT2D eigenvalue weighted by Gasteiger charge is -2.30. The molecule has 2 aromatic rings. The number of hydrogen-bond donors (Lipinski definition) is 1. The summed E-state index contributed by atoms with van der Waals surface area (Å²) in [6.45, 7) is -0.224. The summed E-state index contributed by atoms with van der Waals surface area (Å²) < 4.78 is 71.5. The van der Waals surface area contributed by atoms with E-state index in [0.29, 0.717) is 11.1 Å². The van der Waals surface area contributed by atoms with Crippen LogP contribution in [0.1, 0.15) is 34.3 Å². The molecule has 2 aromatic carbocycles. The quantitative estimate of drug-likeness (QED) is 0.654. The van der Waals surface area contributed by atoms with Crippen LogP contribution >= 0.6 is 0 Å². The minimum Gasteiger partial charge on any atom is -0.461 e. The van der Waals surface area contributed by atoms with Gasteiger partial charge in [-0.1, -0.05) is 24.3 Å². The molecule has 1 heterocycles. The molecule has 7 nitrogen and oxygen atoms in total. The summed E-state index contributed by atoms with van der Waals surface area (Å²) in [4.78, 5) is 22.6. The second-order valence-electron chi connectivity index (χ2n) is 7.34. The Morgan fingerprint density at radius 3 is 2.19 bits per heavy atom. The smallest absolute Gasteiger partial charge is 0.417 e. The van der Waals surface area contributed by atoms with Crippen LogP contribution < -0.4 is 5.73 Å². The summed E-state index contributed by atoms with van der Waals surface area (Å²) >= 11 is 0. The number of ether oxygens (including phenoxy) is 1. The Hall–Kier alpha value is -2.92. The molecule has 0 saturated carbocycles. The number of nitrogens with two attached hydrogens (primary N) is 1. The number of halogens is 3. The first kappa shape index (κ1) is 23.7. The van der Waals surface area contributed by atoms with Crippen LogP contribution in [-0.2, 0) is 32.3 Å². The van der Waals surface area contributed by atoms with Crippen molar-refractivity contribution in [3.8, 4) is 0 Å². The maximum absolute atomic E-state index is 13.2. The summed E-state index contributed by atoms with van der Waals surface area (Å²) in [5.41, 5.74) is 4.91. The molecule has 0 bridgehead atoms. The molecule has 1 amide bonds. The second-order valence-corrected chi connectivity index (χ2v) is 9.25. The molecular formula is C21H21F3N2O5S. The van der Waals surface area contributed by atoms with E-state index in [1.807, 2.05) is 0 Å². The average Bonchev–Trinajstić information content (AvgIpc) is 2.77. The van der Waals surface area contributed by atoms with Gasteiger partial charge < -0.3 is 10.5 Å². The fraction of sp³-hybridized carbons (Fsp3) is 0.333. The first-order valence-corrected chi connectivity index (χ1v) is 11.2. The van der Waals surface area contributed by atoms with Gasteiger partial charge in [0.15, 0.2) is 0 Å². The van der Waals surface area contributed by atoms with Gasteiger partial charge in [-0.25, -0.2) is 8.42 Å². The third-order valence-corrected chi connectivity index (χ3v) is 7.17. The molecule has 1 fully saturated rings. The topological polar surface area (TPSA) is 107 Å². The number of piperidine rings is 1. The van der Waals surface area contributed by atoms with Gasteiger partial charge in [0.1, 0.15) is 6.61 Å². The number of carbonyl (C=O) groups is 2. The predicted octanol–water partition coefficient (Wildman–Crippen LogP) is 2.95. The number of sulfonamides is 1. The summed E-state index contributed by atoms with van der Waals surface area (Å²) in [6, 6.07) is 10.2. The maximum Gasteiger partial charge on any atom is 0.417 e. The van der Waals surface area contributed by atoms with E-state index in [-0.39, 0.29) is 32.5 Å². The number of benzene rings is 2. The summed E-state index contributed by atoms with van der Waals surface area (Å²) in [6.07, 6.45) is -4.54. The molecule has 0 aromatic heterocycles. The monoisotopic (exact) mass is 470 g/mol. The number of amides is 1. The molecule has 0 spiro atoms. The lowest BCUT2D eigenvalue weighted by Crippen LogP contribution is -2.41. The molecule has 0 aliphatic carbocycles. The highest BCUT2D eigenvalue weighted by Crippen LogP contribution is 2.36. The largest absolute Gasteiger partial charge is 0.461 e. The van der Waals surface area contributed by atoms with Crippen molar-refractivity contribution in [2.75, 3.05) is 13.1 Å². The lowest BCUT2D eigenvalue weighted by atomic mass is 9.98. The van der Waals surface area contributed by atoms with Crippen molar-refractivity contribution in [2.24, 2.45) is 11.7 Å². The van der Waals surface area contributed by atoms with Crippen molar-refractivity contribution in [1.29, 1.82) is 0 Å². The van der Waals surface area contributed by atoms with Crippen LogP contribution in [0.2, 0.25) is 0 Å². The van der Waals surface area contributed by atoms with Crippen LogP contribution in [0.25, 0.3) is 0 Å². The van der Waals surface area contributed by atoms with Crippen molar-refractivity contribution in [3.05, 3.63) is 65.2 Å². The molecule has 172 valence electrons. The van der Waals surface area contributed by atoms with Crippen LogP contribution in [0.15, 0.2) is 53.4 Å². The Bertz CT molecular complexity index is 1090. The van der Waals surface area contributed by atoms with Gasteiger partial charge in [0.25, 0.3) is 0 Å². The van der Waals surface area contributed by atoms with Gasteiger partial charge >= 0.3 is 12.1 Å². The molecule has 1 saturated heterocycles. The molecule has 2 N–H and O–H groups in total. The van der Waals surface area contributed by atoms with Gasteiger partial charge in [-0.05, 0) is 42.7 Å². The molecule has 11 heteroatoms. The van der Waals surface area contributed by atoms with E-state index in [0.717, 1.165) is 22.5 Å². The summed E-state index contributed by atoms with van der Waals surface area (Å²) in [5, 5.41) is 0. The van der Waals surface area contributed by atoms with Crippen molar-refractivity contribution in [2.45, 2.75) is 30.5 Å². The summed E-state index contributed by atoms with van der Waals surface area (Å²) in [7, 11) is -4.37. The molecule has 0 unspecified atom stereocenters. The van der Waals surface area contributed by atoms with E-state index in [1.54, 1.807) is 12.1 Å². The Morgan fingerprint density at radius 1 is 1.03 bits per heavy atom. The molecule has 1 aliphatic rings. The van der Waals surface area contributed by atoms with Crippen LogP contribution in [0.5, 0.6) is 0 Å². The van der Waals surface area contributed by atoms with Gasteiger partial charge in [0, 0.05) is 18.7 Å². The van der Waals surface area contributed by atoms with Crippen LogP contribution in [0, 0.1) is 5.92 Å². The Balaban J connectivity index is 1.60.